The number of hydrogen-bond acceptors (Lipinski definition) is 3. The molecule has 0 fully saturated rings. The maximum absolute atomic E-state index is 8.32. The average Bonchev–Trinajstić information content (AvgIpc) is 2.27. The molecule has 1 aromatic carbocycles. The third kappa shape index (κ3) is 3.79. The predicted octanol–water partition coefficient (Wildman–Crippen LogP) is 2.90. The summed E-state index contributed by atoms with van der Waals surface area (Å²) in [5.74, 6) is 0.638. The highest BCUT2D eigenvalue weighted by Gasteiger charge is 2.06. The Kier molecular flexibility index (Phi) is 5.22. The summed E-state index contributed by atoms with van der Waals surface area (Å²) in [6, 6.07) is 5.15. The van der Waals surface area contributed by atoms with Crippen LogP contribution < -0.4 is 10.5 Å². The zero-order valence-electron chi connectivity index (χ0n) is 8.49. The van der Waals surface area contributed by atoms with E-state index in [2.05, 4.69) is 5.16 Å². The Morgan fingerprint density at radius 3 is 2.56 bits per heavy atom. The molecule has 0 unspecified atom stereocenters. The molecule has 0 aliphatic rings. The van der Waals surface area contributed by atoms with E-state index in [1.807, 2.05) is 0 Å². The molecule has 0 bridgehead atoms. The molecule has 16 heavy (non-hydrogen) atoms. The predicted molar refractivity (Wildman–Crippen MR) is 64.6 cm³/mol. The number of para-hydroxylation sites is 1. The minimum atomic E-state index is 0.175. The van der Waals surface area contributed by atoms with Gasteiger partial charge in [-0.3, -0.25) is 0 Å². The smallest absolute Gasteiger partial charge is 0.156 e. The third-order valence-electron chi connectivity index (χ3n) is 1.87. The number of rotatable bonds is 5. The Labute approximate surface area is 104 Å². The van der Waals surface area contributed by atoms with Gasteiger partial charge in [-0.15, -0.1) is 0 Å². The topological polar surface area (TPSA) is 67.8 Å². The molecule has 0 spiro atoms. The maximum atomic E-state index is 8.32. The van der Waals surface area contributed by atoms with Crippen LogP contribution >= 0.6 is 23.2 Å². The molecule has 0 saturated carbocycles. The van der Waals surface area contributed by atoms with Gasteiger partial charge in [0.15, 0.2) is 5.75 Å². The minimum Gasteiger partial charge on any atom is -0.490 e. The van der Waals surface area contributed by atoms with Crippen molar-refractivity contribution in [2.24, 2.45) is 10.9 Å². The van der Waals surface area contributed by atoms with Crippen molar-refractivity contribution in [1.82, 2.24) is 0 Å². The third-order valence-corrected chi connectivity index (χ3v) is 2.47. The van der Waals surface area contributed by atoms with E-state index in [-0.39, 0.29) is 5.84 Å². The SMILES string of the molecule is N/C(CCCOc1c(Cl)cccc1Cl)=N\O. The quantitative estimate of drug-likeness (QED) is 0.282. The molecule has 0 heterocycles. The van der Waals surface area contributed by atoms with E-state index in [4.69, 9.17) is 38.9 Å². The van der Waals surface area contributed by atoms with Gasteiger partial charge >= 0.3 is 0 Å². The Morgan fingerprint density at radius 1 is 1.38 bits per heavy atom. The molecular formula is C10H12Cl2N2O2. The number of nitrogens with zero attached hydrogens (tertiary/aromatic N) is 1. The highest BCUT2D eigenvalue weighted by atomic mass is 35.5. The van der Waals surface area contributed by atoms with E-state index in [0.717, 1.165) is 0 Å². The molecule has 1 aromatic rings. The van der Waals surface area contributed by atoms with Gasteiger partial charge < -0.3 is 15.7 Å². The summed E-state index contributed by atoms with van der Waals surface area (Å²) in [6.07, 6.45) is 1.08. The van der Waals surface area contributed by atoms with E-state index >= 15 is 0 Å². The molecule has 0 radical (unpaired) electrons. The Hall–Kier alpha value is -1.13. The average molecular weight is 263 g/mol. The number of nitrogens with two attached hydrogens (primary N) is 1. The Bertz CT molecular complexity index is 363. The van der Waals surface area contributed by atoms with Crippen LogP contribution in [0.5, 0.6) is 5.75 Å². The largest absolute Gasteiger partial charge is 0.490 e. The standard InChI is InChI=1S/C10H12Cl2N2O2/c11-7-3-1-4-8(12)10(7)16-6-2-5-9(13)14-15/h1,3-4,15H,2,5-6H2,(H2,13,14). The van der Waals surface area contributed by atoms with Crippen LogP contribution in [0.25, 0.3) is 0 Å². The highest BCUT2D eigenvalue weighted by molar-refractivity contribution is 6.37. The number of amidine groups is 1. The molecule has 0 aromatic heterocycles. The molecule has 6 heteroatoms. The van der Waals surface area contributed by atoms with Crippen LogP contribution in [-0.2, 0) is 0 Å². The lowest BCUT2D eigenvalue weighted by atomic mass is 10.3. The number of halogens is 2. The second-order valence-electron chi connectivity index (χ2n) is 3.09. The van der Waals surface area contributed by atoms with Gasteiger partial charge in [-0.05, 0) is 18.6 Å². The summed E-state index contributed by atoms with van der Waals surface area (Å²) >= 11 is 11.8. The maximum Gasteiger partial charge on any atom is 0.156 e. The Balaban J connectivity index is 2.43. The van der Waals surface area contributed by atoms with Gasteiger partial charge in [-0.2, -0.15) is 0 Å². The van der Waals surface area contributed by atoms with Crippen LogP contribution in [0, 0.1) is 0 Å². The summed E-state index contributed by atoms with van der Waals surface area (Å²) in [4.78, 5) is 0. The molecule has 0 aliphatic heterocycles. The van der Waals surface area contributed by atoms with E-state index in [0.29, 0.717) is 35.2 Å². The van der Waals surface area contributed by atoms with Crippen molar-refractivity contribution >= 4 is 29.0 Å². The van der Waals surface area contributed by atoms with Crippen molar-refractivity contribution in [3.8, 4) is 5.75 Å². The van der Waals surface area contributed by atoms with Crippen molar-refractivity contribution in [3.05, 3.63) is 28.2 Å². The van der Waals surface area contributed by atoms with Gasteiger partial charge in [-0.25, -0.2) is 0 Å². The first kappa shape index (κ1) is 12.9. The number of ether oxygens (including phenoxy) is 1. The van der Waals surface area contributed by atoms with E-state index < -0.39 is 0 Å². The lowest BCUT2D eigenvalue weighted by molar-refractivity contribution is 0.305. The number of hydrogen-bond donors (Lipinski definition) is 2. The second-order valence-corrected chi connectivity index (χ2v) is 3.91. The fraction of sp³-hybridized carbons (Fsp3) is 0.300. The fourth-order valence-corrected chi connectivity index (χ4v) is 1.60. The minimum absolute atomic E-state index is 0.175. The molecule has 0 atom stereocenters. The molecule has 0 aliphatic carbocycles. The van der Waals surface area contributed by atoms with Gasteiger partial charge in [0.1, 0.15) is 5.84 Å². The van der Waals surface area contributed by atoms with Crippen LogP contribution in [-0.4, -0.2) is 17.6 Å². The van der Waals surface area contributed by atoms with Crippen LogP contribution in [0.3, 0.4) is 0 Å². The first-order valence-corrected chi connectivity index (χ1v) is 5.44. The Morgan fingerprint density at radius 2 is 2.00 bits per heavy atom. The first-order chi connectivity index (χ1) is 7.65. The number of oxime groups is 1. The number of benzene rings is 1. The monoisotopic (exact) mass is 262 g/mol. The van der Waals surface area contributed by atoms with Gasteiger partial charge in [-0.1, -0.05) is 34.4 Å². The fourth-order valence-electron chi connectivity index (χ4n) is 1.10. The second kappa shape index (κ2) is 6.45. The van der Waals surface area contributed by atoms with Crippen LogP contribution in [0.1, 0.15) is 12.8 Å². The molecular weight excluding hydrogens is 251 g/mol. The zero-order valence-corrected chi connectivity index (χ0v) is 10.0. The van der Waals surface area contributed by atoms with E-state index in [1.165, 1.54) is 0 Å². The van der Waals surface area contributed by atoms with Crippen LogP contribution in [0.15, 0.2) is 23.4 Å². The van der Waals surface area contributed by atoms with Crippen molar-refractivity contribution < 1.29 is 9.94 Å². The first-order valence-electron chi connectivity index (χ1n) is 4.68. The highest BCUT2D eigenvalue weighted by Crippen LogP contribution is 2.32. The molecule has 1 rings (SSSR count). The van der Waals surface area contributed by atoms with E-state index in [1.54, 1.807) is 18.2 Å². The lowest BCUT2D eigenvalue weighted by Crippen LogP contribution is -2.12. The summed E-state index contributed by atoms with van der Waals surface area (Å²) < 4.78 is 5.41. The van der Waals surface area contributed by atoms with Gasteiger partial charge in [0, 0.05) is 6.42 Å². The van der Waals surface area contributed by atoms with Gasteiger partial charge in [0.25, 0.3) is 0 Å². The lowest BCUT2D eigenvalue weighted by Gasteiger charge is -2.09. The van der Waals surface area contributed by atoms with Crippen LogP contribution in [0.2, 0.25) is 10.0 Å². The summed E-state index contributed by atoms with van der Waals surface area (Å²) in [6.45, 7) is 0.402. The van der Waals surface area contributed by atoms with Gasteiger partial charge in [0.05, 0.1) is 16.7 Å². The summed E-state index contributed by atoms with van der Waals surface area (Å²) in [7, 11) is 0. The molecule has 0 saturated heterocycles. The van der Waals surface area contributed by atoms with E-state index in [9.17, 15) is 0 Å². The van der Waals surface area contributed by atoms with Crippen molar-refractivity contribution in [2.75, 3.05) is 6.61 Å². The molecule has 88 valence electrons. The molecule has 4 nitrogen and oxygen atoms in total. The van der Waals surface area contributed by atoms with Crippen molar-refractivity contribution in [2.45, 2.75) is 12.8 Å². The normalized spacial score (nSPS) is 11.5. The zero-order chi connectivity index (χ0) is 12.0. The van der Waals surface area contributed by atoms with Crippen LogP contribution in [0.4, 0.5) is 0 Å². The van der Waals surface area contributed by atoms with Crippen molar-refractivity contribution in [1.29, 1.82) is 0 Å². The molecule has 0 amide bonds. The van der Waals surface area contributed by atoms with Gasteiger partial charge in [0.2, 0.25) is 0 Å². The van der Waals surface area contributed by atoms with Crippen molar-refractivity contribution in [3.63, 3.8) is 0 Å². The summed E-state index contributed by atoms with van der Waals surface area (Å²) in [5, 5.41) is 12.1. The summed E-state index contributed by atoms with van der Waals surface area (Å²) in [5.41, 5.74) is 5.30. The molecule has 3 N–H and O–H groups in total.